The number of benzene rings is 3. The lowest BCUT2D eigenvalue weighted by atomic mass is 10.0. The average molecular weight is 404 g/mol. The fourth-order valence-corrected chi connectivity index (χ4v) is 3.38. The summed E-state index contributed by atoms with van der Waals surface area (Å²) in [6.45, 7) is 0. The van der Waals surface area contributed by atoms with Gasteiger partial charge in [-0.2, -0.15) is 0 Å². The van der Waals surface area contributed by atoms with Crippen molar-refractivity contribution in [1.82, 2.24) is 5.32 Å². The molecule has 0 bridgehead atoms. The number of hydrogen-bond donors (Lipinski definition) is 1. The molecule has 0 spiro atoms. The summed E-state index contributed by atoms with van der Waals surface area (Å²) in [7, 11) is 1.69. The molecule has 0 saturated carbocycles. The van der Waals surface area contributed by atoms with Crippen LogP contribution in [0.25, 0.3) is 0 Å². The zero-order valence-corrected chi connectivity index (χ0v) is 16.4. The number of halogens is 1. The smallest absolute Gasteiger partial charge is 0.272 e. The molecule has 0 aromatic heterocycles. The first-order chi connectivity index (χ1) is 14.0. The lowest BCUT2D eigenvalue weighted by Crippen LogP contribution is -2.46. The third kappa shape index (κ3) is 3.77. The van der Waals surface area contributed by atoms with Gasteiger partial charge in [-0.3, -0.25) is 9.59 Å². The molecule has 2 amide bonds. The summed E-state index contributed by atoms with van der Waals surface area (Å²) in [6, 6.07) is 23.7. The Bertz CT molecular complexity index is 1090. The Kier molecular flexibility index (Phi) is 5.14. The molecule has 4 rings (SSSR count). The second-order valence-corrected chi connectivity index (χ2v) is 7.08. The van der Waals surface area contributed by atoms with Gasteiger partial charge in [0.25, 0.3) is 11.8 Å². The van der Waals surface area contributed by atoms with Gasteiger partial charge in [0.05, 0.1) is 11.4 Å². The maximum Gasteiger partial charge on any atom is 0.272 e. The van der Waals surface area contributed by atoms with E-state index in [1.807, 2.05) is 54.6 Å². The highest BCUT2D eigenvalue weighted by atomic mass is 35.5. The SMILES string of the molecule is CN1C(=O)[C@@H](NC(=O)c2ccc(Cl)cc2)N=C(c2ccccc2)c2ccccc21. The Morgan fingerprint density at radius 3 is 2.34 bits per heavy atom. The van der Waals surface area contributed by atoms with Crippen LogP contribution in [0.5, 0.6) is 0 Å². The minimum absolute atomic E-state index is 0.314. The number of fused-ring (bicyclic) bond motifs is 1. The van der Waals surface area contributed by atoms with Crippen molar-refractivity contribution in [1.29, 1.82) is 0 Å². The highest BCUT2D eigenvalue weighted by Gasteiger charge is 2.31. The van der Waals surface area contributed by atoms with E-state index in [0.717, 1.165) is 16.8 Å². The zero-order chi connectivity index (χ0) is 20.4. The van der Waals surface area contributed by atoms with Gasteiger partial charge in [0.1, 0.15) is 0 Å². The van der Waals surface area contributed by atoms with Crippen LogP contribution in [0.2, 0.25) is 5.02 Å². The molecule has 0 unspecified atom stereocenters. The van der Waals surface area contributed by atoms with Gasteiger partial charge in [0.15, 0.2) is 0 Å². The maximum atomic E-state index is 13.1. The summed E-state index contributed by atoms with van der Waals surface area (Å²) in [5.74, 6) is -0.707. The van der Waals surface area contributed by atoms with Crippen LogP contribution < -0.4 is 10.2 Å². The third-order valence-electron chi connectivity index (χ3n) is 4.76. The highest BCUT2D eigenvalue weighted by Crippen LogP contribution is 2.27. The van der Waals surface area contributed by atoms with E-state index in [-0.39, 0.29) is 5.91 Å². The lowest BCUT2D eigenvalue weighted by molar-refractivity contribution is -0.119. The van der Waals surface area contributed by atoms with Crippen molar-refractivity contribution in [3.05, 3.63) is 101 Å². The molecule has 1 heterocycles. The molecule has 0 saturated heterocycles. The first kappa shape index (κ1) is 18.9. The average Bonchev–Trinajstić information content (AvgIpc) is 2.85. The number of carbonyl (C=O) groups is 2. The monoisotopic (exact) mass is 403 g/mol. The molecule has 0 aliphatic carbocycles. The summed E-state index contributed by atoms with van der Waals surface area (Å²) in [5.41, 5.74) is 3.50. The lowest BCUT2D eigenvalue weighted by Gasteiger charge is -2.20. The van der Waals surface area contributed by atoms with Gasteiger partial charge < -0.3 is 10.2 Å². The van der Waals surface area contributed by atoms with E-state index in [4.69, 9.17) is 11.6 Å². The van der Waals surface area contributed by atoms with Crippen LogP contribution in [-0.2, 0) is 4.79 Å². The topological polar surface area (TPSA) is 61.8 Å². The van der Waals surface area contributed by atoms with Gasteiger partial charge in [0, 0.05) is 28.8 Å². The van der Waals surface area contributed by atoms with Crippen LogP contribution in [0.1, 0.15) is 21.5 Å². The van der Waals surface area contributed by atoms with E-state index in [2.05, 4.69) is 10.3 Å². The molecule has 1 atom stereocenters. The molecule has 1 aliphatic rings. The molecule has 5 nitrogen and oxygen atoms in total. The number of carbonyl (C=O) groups excluding carboxylic acids is 2. The minimum Gasteiger partial charge on any atom is -0.322 e. The first-order valence-corrected chi connectivity index (χ1v) is 9.49. The molecule has 3 aromatic carbocycles. The second-order valence-electron chi connectivity index (χ2n) is 6.64. The number of amides is 2. The number of para-hydroxylation sites is 1. The molecule has 6 heteroatoms. The molecule has 0 radical (unpaired) electrons. The molecular weight excluding hydrogens is 386 g/mol. The van der Waals surface area contributed by atoms with Gasteiger partial charge >= 0.3 is 0 Å². The van der Waals surface area contributed by atoms with Crippen molar-refractivity contribution in [2.75, 3.05) is 11.9 Å². The minimum atomic E-state index is -1.05. The number of rotatable bonds is 3. The molecular formula is C23H18ClN3O2. The number of nitrogens with one attached hydrogen (secondary N) is 1. The second kappa shape index (κ2) is 7.89. The molecule has 1 N–H and O–H groups in total. The summed E-state index contributed by atoms with van der Waals surface area (Å²) in [4.78, 5) is 32.0. The van der Waals surface area contributed by atoms with Crippen molar-refractivity contribution in [2.45, 2.75) is 6.17 Å². The summed E-state index contributed by atoms with van der Waals surface area (Å²) < 4.78 is 0. The normalized spacial score (nSPS) is 15.9. The van der Waals surface area contributed by atoms with Crippen LogP contribution in [0.3, 0.4) is 0 Å². The summed E-state index contributed by atoms with van der Waals surface area (Å²) in [6.07, 6.45) is -1.05. The van der Waals surface area contributed by atoms with Crippen LogP contribution in [0, 0.1) is 0 Å². The van der Waals surface area contributed by atoms with Crippen molar-refractivity contribution < 1.29 is 9.59 Å². The Labute approximate surface area is 173 Å². The summed E-state index contributed by atoms with van der Waals surface area (Å²) in [5, 5.41) is 3.28. The largest absolute Gasteiger partial charge is 0.322 e. The van der Waals surface area contributed by atoms with Crippen LogP contribution in [-0.4, -0.2) is 30.7 Å². The summed E-state index contributed by atoms with van der Waals surface area (Å²) >= 11 is 5.90. The van der Waals surface area contributed by atoms with Gasteiger partial charge in [0.2, 0.25) is 6.17 Å². The predicted octanol–water partition coefficient (Wildman–Crippen LogP) is 3.91. The number of hydrogen-bond acceptors (Lipinski definition) is 3. The predicted molar refractivity (Wildman–Crippen MR) is 115 cm³/mol. The number of aliphatic imine (C=N–C) groups is 1. The quantitative estimate of drug-likeness (QED) is 0.720. The van der Waals surface area contributed by atoms with Crippen molar-refractivity contribution >= 4 is 34.8 Å². The van der Waals surface area contributed by atoms with E-state index in [1.165, 1.54) is 4.90 Å². The van der Waals surface area contributed by atoms with E-state index < -0.39 is 12.1 Å². The Morgan fingerprint density at radius 2 is 1.62 bits per heavy atom. The van der Waals surface area contributed by atoms with Crippen LogP contribution >= 0.6 is 11.6 Å². The fourth-order valence-electron chi connectivity index (χ4n) is 3.25. The number of nitrogens with zero attached hydrogens (tertiary/aromatic N) is 2. The standard InChI is InChI=1S/C23H18ClN3O2/c1-27-19-10-6-5-9-18(19)20(15-7-3-2-4-8-15)25-21(23(27)29)26-22(28)16-11-13-17(24)14-12-16/h2-14,21H,1H3,(H,26,28)/t21-/m1/s1. The fraction of sp³-hybridized carbons (Fsp3) is 0.0870. The zero-order valence-electron chi connectivity index (χ0n) is 15.7. The van der Waals surface area contributed by atoms with Crippen molar-refractivity contribution in [3.63, 3.8) is 0 Å². The van der Waals surface area contributed by atoms with E-state index in [0.29, 0.717) is 16.3 Å². The van der Waals surface area contributed by atoms with Gasteiger partial charge in [-0.05, 0) is 30.3 Å². The van der Waals surface area contributed by atoms with E-state index >= 15 is 0 Å². The Balaban J connectivity index is 1.77. The molecule has 0 fully saturated rings. The highest BCUT2D eigenvalue weighted by molar-refractivity contribution is 6.30. The molecule has 3 aromatic rings. The van der Waals surface area contributed by atoms with Crippen LogP contribution in [0.15, 0.2) is 83.9 Å². The Hall–Kier alpha value is -3.44. The molecule has 144 valence electrons. The molecule has 1 aliphatic heterocycles. The number of benzodiazepines with no additional fused rings is 1. The first-order valence-electron chi connectivity index (χ1n) is 9.11. The van der Waals surface area contributed by atoms with Crippen molar-refractivity contribution in [3.8, 4) is 0 Å². The van der Waals surface area contributed by atoms with E-state index in [1.54, 1.807) is 31.3 Å². The third-order valence-corrected chi connectivity index (χ3v) is 5.02. The van der Waals surface area contributed by atoms with Gasteiger partial charge in [-0.1, -0.05) is 60.1 Å². The molecule has 29 heavy (non-hydrogen) atoms. The Morgan fingerprint density at radius 1 is 0.966 bits per heavy atom. The maximum absolute atomic E-state index is 13.1. The van der Waals surface area contributed by atoms with Gasteiger partial charge in [-0.25, -0.2) is 4.99 Å². The number of anilines is 1. The van der Waals surface area contributed by atoms with Crippen molar-refractivity contribution in [2.24, 2.45) is 4.99 Å². The number of likely N-dealkylation sites (N-methyl/N-ethyl adjacent to an activating group) is 1. The van der Waals surface area contributed by atoms with Crippen LogP contribution in [0.4, 0.5) is 5.69 Å². The van der Waals surface area contributed by atoms with E-state index in [9.17, 15) is 9.59 Å². The van der Waals surface area contributed by atoms with Gasteiger partial charge in [-0.15, -0.1) is 0 Å².